The van der Waals surface area contributed by atoms with Crippen LogP contribution >= 0.6 is 23.2 Å². The second-order valence-corrected chi connectivity index (χ2v) is 5.59. The van der Waals surface area contributed by atoms with Crippen LogP contribution < -0.4 is 10.2 Å². The minimum Gasteiger partial charge on any atom is -0.494 e. The van der Waals surface area contributed by atoms with E-state index in [0.29, 0.717) is 17.2 Å². The Morgan fingerprint density at radius 3 is 2.83 bits per heavy atom. The zero-order valence-electron chi connectivity index (χ0n) is 12.6. The molecule has 23 heavy (non-hydrogen) atoms. The van der Waals surface area contributed by atoms with E-state index in [9.17, 15) is 4.79 Å². The maximum Gasteiger partial charge on any atom is 0.272 e. The Labute approximate surface area is 145 Å². The molecule has 120 valence electrons. The molecular formula is C17H16Cl2N2O2. The van der Waals surface area contributed by atoms with Gasteiger partial charge in [-0.25, -0.2) is 5.43 Å². The number of halogens is 2. The van der Waals surface area contributed by atoms with Gasteiger partial charge in [-0.3, -0.25) is 4.79 Å². The Kier molecular flexibility index (Phi) is 6.44. The van der Waals surface area contributed by atoms with Gasteiger partial charge in [0.05, 0.1) is 23.4 Å². The molecule has 6 heteroatoms. The Morgan fingerprint density at radius 2 is 2.09 bits per heavy atom. The highest BCUT2D eigenvalue weighted by molar-refractivity contribution is 6.36. The molecule has 0 aliphatic carbocycles. The summed E-state index contributed by atoms with van der Waals surface area (Å²) in [4.78, 5) is 12.0. The molecule has 0 radical (unpaired) electrons. The molecule has 0 fully saturated rings. The summed E-state index contributed by atoms with van der Waals surface area (Å²) in [6.45, 7) is 2.70. The third-order valence-electron chi connectivity index (χ3n) is 2.89. The SMILES string of the molecule is CCCOc1cccc(/C=N/NC(=O)c2ccc(Cl)cc2Cl)c1. The van der Waals surface area contributed by atoms with Gasteiger partial charge in [-0.1, -0.05) is 42.3 Å². The standard InChI is InChI=1S/C17H16Cl2N2O2/c1-2-8-23-14-5-3-4-12(9-14)11-20-21-17(22)15-7-6-13(18)10-16(15)19/h3-7,9-11H,2,8H2,1H3,(H,21,22)/b20-11+. The number of carbonyl (C=O) groups excluding carboxylic acids is 1. The van der Waals surface area contributed by atoms with Gasteiger partial charge >= 0.3 is 0 Å². The first-order valence-electron chi connectivity index (χ1n) is 7.11. The molecular weight excluding hydrogens is 335 g/mol. The monoisotopic (exact) mass is 350 g/mol. The van der Waals surface area contributed by atoms with Crippen LogP contribution in [0.3, 0.4) is 0 Å². The lowest BCUT2D eigenvalue weighted by atomic mass is 10.2. The van der Waals surface area contributed by atoms with Crippen molar-refractivity contribution < 1.29 is 9.53 Å². The van der Waals surface area contributed by atoms with Gasteiger partial charge in [0.1, 0.15) is 5.75 Å². The molecule has 0 unspecified atom stereocenters. The highest BCUT2D eigenvalue weighted by Gasteiger charge is 2.09. The van der Waals surface area contributed by atoms with Gasteiger partial charge in [0.25, 0.3) is 5.91 Å². The number of nitrogens with zero attached hydrogens (tertiary/aromatic N) is 1. The quantitative estimate of drug-likeness (QED) is 0.613. The van der Waals surface area contributed by atoms with E-state index in [4.69, 9.17) is 27.9 Å². The molecule has 1 amide bonds. The number of hydrogen-bond donors (Lipinski definition) is 1. The average Bonchev–Trinajstić information content (AvgIpc) is 2.53. The average molecular weight is 351 g/mol. The Hall–Kier alpha value is -2.04. The Balaban J connectivity index is 1.99. The van der Waals surface area contributed by atoms with Crippen LogP contribution in [-0.4, -0.2) is 18.7 Å². The molecule has 2 aromatic carbocycles. The maximum absolute atomic E-state index is 12.0. The van der Waals surface area contributed by atoms with Crippen molar-refractivity contribution in [2.24, 2.45) is 5.10 Å². The van der Waals surface area contributed by atoms with Crippen LogP contribution in [0.5, 0.6) is 5.75 Å². The second kappa shape index (κ2) is 8.56. The minimum atomic E-state index is -0.402. The summed E-state index contributed by atoms with van der Waals surface area (Å²) in [6, 6.07) is 12.1. The summed E-state index contributed by atoms with van der Waals surface area (Å²) in [7, 11) is 0. The molecule has 0 saturated heterocycles. The van der Waals surface area contributed by atoms with Crippen LogP contribution in [0.2, 0.25) is 10.0 Å². The van der Waals surface area contributed by atoms with Gasteiger partial charge < -0.3 is 4.74 Å². The van der Waals surface area contributed by atoms with Crippen LogP contribution in [-0.2, 0) is 0 Å². The molecule has 0 atom stereocenters. The van der Waals surface area contributed by atoms with Gasteiger partial charge in [-0.2, -0.15) is 5.10 Å². The van der Waals surface area contributed by atoms with Crippen molar-refractivity contribution in [3.05, 3.63) is 63.6 Å². The second-order valence-electron chi connectivity index (χ2n) is 4.74. The summed E-state index contributed by atoms with van der Waals surface area (Å²) in [5.74, 6) is 0.365. The first-order valence-corrected chi connectivity index (χ1v) is 7.87. The fourth-order valence-corrected chi connectivity index (χ4v) is 2.30. The molecule has 0 spiro atoms. The normalized spacial score (nSPS) is 10.7. The maximum atomic E-state index is 12.0. The summed E-state index contributed by atoms with van der Waals surface area (Å²) in [6.07, 6.45) is 2.48. The van der Waals surface area contributed by atoms with Crippen molar-refractivity contribution in [3.63, 3.8) is 0 Å². The van der Waals surface area contributed by atoms with Crippen molar-refractivity contribution in [3.8, 4) is 5.75 Å². The molecule has 2 aromatic rings. The first kappa shape index (κ1) is 17.3. The van der Waals surface area contributed by atoms with E-state index in [1.165, 1.54) is 6.07 Å². The van der Waals surface area contributed by atoms with Crippen molar-refractivity contribution in [1.82, 2.24) is 5.43 Å². The molecule has 4 nitrogen and oxygen atoms in total. The smallest absolute Gasteiger partial charge is 0.272 e. The van der Waals surface area contributed by atoms with Crippen molar-refractivity contribution in [1.29, 1.82) is 0 Å². The number of ether oxygens (including phenoxy) is 1. The lowest BCUT2D eigenvalue weighted by molar-refractivity contribution is 0.0955. The van der Waals surface area contributed by atoms with Gasteiger partial charge in [0.15, 0.2) is 0 Å². The first-order chi connectivity index (χ1) is 11.1. The van der Waals surface area contributed by atoms with Crippen LogP contribution in [0.1, 0.15) is 29.3 Å². The highest BCUT2D eigenvalue weighted by Crippen LogP contribution is 2.20. The van der Waals surface area contributed by atoms with E-state index in [2.05, 4.69) is 10.5 Å². The number of benzene rings is 2. The van der Waals surface area contributed by atoms with Crippen molar-refractivity contribution in [2.75, 3.05) is 6.61 Å². The molecule has 0 bridgehead atoms. The third kappa shape index (κ3) is 5.27. The number of carbonyl (C=O) groups is 1. The lowest BCUT2D eigenvalue weighted by Gasteiger charge is -2.05. The highest BCUT2D eigenvalue weighted by atomic mass is 35.5. The van der Waals surface area contributed by atoms with E-state index >= 15 is 0 Å². The third-order valence-corrected chi connectivity index (χ3v) is 3.43. The summed E-state index contributed by atoms with van der Waals surface area (Å²) >= 11 is 11.8. The van der Waals surface area contributed by atoms with Crippen LogP contribution in [0.25, 0.3) is 0 Å². The molecule has 1 N–H and O–H groups in total. The summed E-state index contributed by atoms with van der Waals surface area (Å²) < 4.78 is 5.54. The number of hydrazone groups is 1. The number of nitrogens with one attached hydrogen (secondary N) is 1. The molecule has 0 saturated carbocycles. The van der Waals surface area contributed by atoms with E-state index in [1.807, 2.05) is 31.2 Å². The molecule has 2 rings (SSSR count). The Bertz CT molecular complexity index is 717. The van der Waals surface area contributed by atoms with E-state index in [1.54, 1.807) is 18.3 Å². The van der Waals surface area contributed by atoms with Crippen LogP contribution in [0.15, 0.2) is 47.6 Å². The topological polar surface area (TPSA) is 50.7 Å². The number of hydrogen-bond acceptors (Lipinski definition) is 3. The van der Waals surface area contributed by atoms with Crippen LogP contribution in [0.4, 0.5) is 0 Å². The van der Waals surface area contributed by atoms with Crippen molar-refractivity contribution >= 4 is 35.3 Å². The summed E-state index contributed by atoms with van der Waals surface area (Å²) in [5.41, 5.74) is 3.57. The number of rotatable bonds is 6. The largest absolute Gasteiger partial charge is 0.494 e. The zero-order valence-corrected chi connectivity index (χ0v) is 14.1. The molecule has 0 aliphatic heterocycles. The van der Waals surface area contributed by atoms with Gasteiger partial charge in [-0.15, -0.1) is 0 Å². The van der Waals surface area contributed by atoms with Crippen molar-refractivity contribution in [2.45, 2.75) is 13.3 Å². The summed E-state index contributed by atoms with van der Waals surface area (Å²) in [5, 5.41) is 4.68. The molecule has 0 aromatic heterocycles. The minimum absolute atomic E-state index is 0.278. The Morgan fingerprint density at radius 1 is 1.26 bits per heavy atom. The zero-order chi connectivity index (χ0) is 16.7. The van der Waals surface area contributed by atoms with E-state index in [0.717, 1.165) is 17.7 Å². The number of amides is 1. The lowest BCUT2D eigenvalue weighted by Crippen LogP contribution is -2.18. The van der Waals surface area contributed by atoms with Gasteiger partial charge in [0, 0.05) is 5.02 Å². The van der Waals surface area contributed by atoms with E-state index < -0.39 is 5.91 Å². The predicted molar refractivity (Wildman–Crippen MR) is 93.8 cm³/mol. The molecule has 0 heterocycles. The fraction of sp³-hybridized carbons (Fsp3) is 0.176. The van der Waals surface area contributed by atoms with Gasteiger partial charge in [-0.05, 0) is 42.3 Å². The van der Waals surface area contributed by atoms with E-state index in [-0.39, 0.29) is 5.02 Å². The van der Waals surface area contributed by atoms with Gasteiger partial charge in [0.2, 0.25) is 0 Å². The van der Waals surface area contributed by atoms with Crippen LogP contribution in [0, 0.1) is 0 Å². The fourth-order valence-electron chi connectivity index (χ4n) is 1.80. The molecule has 0 aliphatic rings. The predicted octanol–water partition coefficient (Wildman–Crippen LogP) is 4.55.